The Morgan fingerprint density at radius 2 is 2.00 bits per heavy atom. The van der Waals surface area contributed by atoms with E-state index in [0.717, 1.165) is 63.0 Å². The van der Waals surface area contributed by atoms with Crippen LogP contribution in [0.4, 0.5) is 5.82 Å². The van der Waals surface area contributed by atoms with Gasteiger partial charge in [-0.25, -0.2) is 4.98 Å². The Kier molecular flexibility index (Phi) is 6.45. The van der Waals surface area contributed by atoms with Gasteiger partial charge in [0.15, 0.2) is 5.96 Å². The van der Waals surface area contributed by atoms with Crippen molar-refractivity contribution in [1.82, 2.24) is 20.5 Å². The predicted octanol–water partition coefficient (Wildman–Crippen LogP) is 0.908. The Labute approximate surface area is 133 Å². The molecule has 122 valence electrons. The van der Waals surface area contributed by atoms with E-state index >= 15 is 0 Å². The van der Waals surface area contributed by atoms with Crippen LogP contribution in [0.15, 0.2) is 23.3 Å². The Morgan fingerprint density at radius 3 is 2.59 bits per heavy atom. The Balaban J connectivity index is 1.84. The predicted molar refractivity (Wildman–Crippen MR) is 92.4 cm³/mol. The first-order valence-corrected chi connectivity index (χ1v) is 8.06. The lowest BCUT2D eigenvalue weighted by Gasteiger charge is -2.33. The molecule has 1 aromatic heterocycles. The van der Waals surface area contributed by atoms with Gasteiger partial charge in [-0.1, -0.05) is 13.0 Å². The Morgan fingerprint density at radius 1 is 1.23 bits per heavy atom. The quantitative estimate of drug-likeness (QED) is 0.625. The fourth-order valence-electron chi connectivity index (χ4n) is 2.39. The molecular formula is C16H28N6. The Hall–Kier alpha value is -1.82. The van der Waals surface area contributed by atoms with Crippen LogP contribution < -0.4 is 15.5 Å². The highest BCUT2D eigenvalue weighted by molar-refractivity contribution is 5.79. The normalized spacial score (nSPS) is 16.7. The van der Waals surface area contributed by atoms with Crippen molar-refractivity contribution >= 4 is 11.8 Å². The minimum absolute atomic E-state index is 0.736. The molecule has 6 heteroatoms. The third-order valence-electron chi connectivity index (χ3n) is 3.86. The fourth-order valence-corrected chi connectivity index (χ4v) is 2.39. The molecule has 0 bridgehead atoms. The van der Waals surface area contributed by atoms with Crippen LogP contribution in [0.1, 0.15) is 18.9 Å². The summed E-state index contributed by atoms with van der Waals surface area (Å²) in [5.41, 5.74) is 1.16. The molecule has 0 aromatic carbocycles. The summed E-state index contributed by atoms with van der Waals surface area (Å²) in [7, 11) is 3.96. The first kappa shape index (κ1) is 16.5. The number of likely N-dealkylation sites (N-methyl/N-ethyl adjacent to an activating group) is 1. The number of piperazine rings is 1. The van der Waals surface area contributed by atoms with Gasteiger partial charge in [-0.3, -0.25) is 4.99 Å². The number of hydrogen-bond acceptors (Lipinski definition) is 4. The SMILES string of the molecule is CCCNC(=NC)NCc1ccc(N2CCN(C)CC2)nc1. The molecular weight excluding hydrogens is 276 g/mol. The molecule has 0 unspecified atom stereocenters. The second-order valence-corrected chi connectivity index (χ2v) is 5.67. The molecule has 22 heavy (non-hydrogen) atoms. The number of rotatable bonds is 5. The van der Waals surface area contributed by atoms with Crippen LogP contribution in [0.25, 0.3) is 0 Å². The highest BCUT2D eigenvalue weighted by Gasteiger charge is 2.14. The van der Waals surface area contributed by atoms with Gasteiger partial charge in [0.2, 0.25) is 0 Å². The molecule has 2 rings (SSSR count). The van der Waals surface area contributed by atoms with Crippen LogP contribution in [0.3, 0.4) is 0 Å². The van der Waals surface area contributed by atoms with Gasteiger partial charge in [0, 0.05) is 52.5 Å². The van der Waals surface area contributed by atoms with Gasteiger partial charge in [-0.05, 0) is 25.1 Å². The third-order valence-corrected chi connectivity index (χ3v) is 3.86. The number of guanidine groups is 1. The number of anilines is 1. The summed E-state index contributed by atoms with van der Waals surface area (Å²) in [6.07, 6.45) is 3.04. The molecule has 6 nitrogen and oxygen atoms in total. The van der Waals surface area contributed by atoms with Crippen LogP contribution in [0.5, 0.6) is 0 Å². The van der Waals surface area contributed by atoms with E-state index in [2.05, 4.69) is 56.5 Å². The van der Waals surface area contributed by atoms with Gasteiger partial charge in [0.05, 0.1) is 0 Å². The lowest BCUT2D eigenvalue weighted by molar-refractivity contribution is 0.312. The van der Waals surface area contributed by atoms with Crippen LogP contribution in [0, 0.1) is 0 Å². The zero-order valence-electron chi connectivity index (χ0n) is 14.0. The molecule has 1 saturated heterocycles. The van der Waals surface area contributed by atoms with Crippen molar-refractivity contribution < 1.29 is 0 Å². The highest BCUT2D eigenvalue weighted by atomic mass is 15.3. The van der Waals surface area contributed by atoms with Crippen molar-refractivity contribution in [2.45, 2.75) is 19.9 Å². The molecule has 0 aliphatic carbocycles. The van der Waals surface area contributed by atoms with Gasteiger partial charge in [0.25, 0.3) is 0 Å². The summed E-state index contributed by atoms with van der Waals surface area (Å²) < 4.78 is 0. The fraction of sp³-hybridized carbons (Fsp3) is 0.625. The first-order valence-electron chi connectivity index (χ1n) is 8.06. The zero-order valence-corrected chi connectivity index (χ0v) is 14.0. The van der Waals surface area contributed by atoms with E-state index in [4.69, 9.17) is 0 Å². The van der Waals surface area contributed by atoms with Gasteiger partial charge in [-0.15, -0.1) is 0 Å². The van der Waals surface area contributed by atoms with Crippen molar-refractivity contribution in [3.63, 3.8) is 0 Å². The van der Waals surface area contributed by atoms with E-state index < -0.39 is 0 Å². The molecule has 1 aliphatic rings. The van der Waals surface area contributed by atoms with E-state index in [1.807, 2.05) is 6.20 Å². The summed E-state index contributed by atoms with van der Waals surface area (Å²) >= 11 is 0. The van der Waals surface area contributed by atoms with E-state index in [1.165, 1.54) is 0 Å². The molecule has 0 atom stereocenters. The average Bonchev–Trinajstić information content (AvgIpc) is 2.56. The number of hydrogen-bond donors (Lipinski definition) is 2. The van der Waals surface area contributed by atoms with E-state index in [1.54, 1.807) is 7.05 Å². The molecule has 1 aliphatic heterocycles. The van der Waals surface area contributed by atoms with E-state index in [0.29, 0.717) is 0 Å². The summed E-state index contributed by atoms with van der Waals surface area (Å²) in [5.74, 6) is 1.91. The molecule has 2 N–H and O–H groups in total. The monoisotopic (exact) mass is 304 g/mol. The largest absolute Gasteiger partial charge is 0.356 e. The molecule has 0 radical (unpaired) electrons. The lowest BCUT2D eigenvalue weighted by atomic mass is 10.2. The van der Waals surface area contributed by atoms with Crippen molar-refractivity contribution in [3.05, 3.63) is 23.9 Å². The topological polar surface area (TPSA) is 55.8 Å². The van der Waals surface area contributed by atoms with E-state index in [-0.39, 0.29) is 0 Å². The smallest absolute Gasteiger partial charge is 0.191 e. The third kappa shape index (κ3) is 4.87. The second-order valence-electron chi connectivity index (χ2n) is 5.67. The molecule has 0 saturated carbocycles. The molecule has 0 spiro atoms. The van der Waals surface area contributed by atoms with E-state index in [9.17, 15) is 0 Å². The first-order chi connectivity index (χ1) is 10.7. The van der Waals surface area contributed by atoms with Crippen molar-refractivity contribution in [2.75, 3.05) is 51.7 Å². The maximum atomic E-state index is 4.60. The number of nitrogens with one attached hydrogen (secondary N) is 2. The Bertz CT molecular complexity index is 462. The minimum atomic E-state index is 0.736. The van der Waals surface area contributed by atoms with Gasteiger partial charge >= 0.3 is 0 Å². The van der Waals surface area contributed by atoms with Crippen molar-refractivity contribution in [1.29, 1.82) is 0 Å². The maximum Gasteiger partial charge on any atom is 0.191 e. The van der Waals surface area contributed by atoms with Crippen LogP contribution in [-0.2, 0) is 6.54 Å². The maximum absolute atomic E-state index is 4.60. The zero-order chi connectivity index (χ0) is 15.8. The lowest BCUT2D eigenvalue weighted by Crippen LogP contribution is -2.44. The standard InChI is InChI=1S/C16H28N6/c1-4-7-18-16(17-2)20-13-14-5-6-15(19-12-14)22-10-8-21(3)9-11-22/h5-6,12H,4,7-11,13H2,1-3H3,(H2,17,18,20). The molecule has 0 amide bonds. The summed E-state index contributed by atoms with van der Waals surface area (Å²) in [5, 5.41) is 6.57. The summed E-state index contributed by atoms with van der Waals surface area (Å²) in [6, 6.07) is 4.26. The highest BCUT2D eigenvalue weighted by Crippen LogP contribution is 2.13. The minimum Gasteiger partial charge on any atom is -0.356 e. The number of nitrogens with zero attached hydrogens (tertiary/aromatic N) is 4. The van der Waals surface area contributed by atoms with Crippen LogP contribution in [-0.4, -0.2) is 62.7 Å². The van der Waals surface area contributed by atoms with Crippen LogP contribution in [0.2, 0.25) is 0 Å². The number of aliphatic imine (C=N–C) groups is 1. The van der Waals surface area contributed by atoms with Gasteiger partial charge < -0.3 is 20.4 Å². The van der Waals surface area contributed by atoms with Crippen molar-refractivity contribution in [2.24, 2.45) is 4.99 Å². The van der Waals surface area contributed by atoms with Crippen LogP contribution >= 0.6 is 0 Å². The second kappa shape index (κ2) is 8.58. The number of aromatic nitrogens is 1. The van der Waals surface area contributed by atoms with Gasteiger partial charge in [0.1, 0.15) is 5.82 Å². The summed E-state index contributed by atoms with van der Waals surface area (Å²) in [4.78, 5) is 13.5. The summed E-state index contributed by atoms with van der Waals surface area (Å²) in [6.45, 7) is 8.11. The molecule has 1 fully saturated rings. The number of pyridine rings is 1. The molecule has 2 heterocycles. The average molecular weight is 304 g/mol. The van der Waals surface area contributed by atoms with Gasteiger partial charge in [-0.2, -0.15) is 0 Å². The molecule has 1 aromatic rings. The van der Waals surface area contributed by atoms with Crippen molar-refractivity contribution in [3.8, 4) is 0 Å².